The number of aromatic amines is 2. The van der Waals surface area contributed by atoms with Crippen molar-refractivity contribution in [2.24, 2.45) is 0 Å². The van der Waals surface area contributed by atoms with Gasteiger partial charge in [0.05, 0.1) is 23.2 Å². The van der Waals surface area contributed by atoms with Gasteiger partial charge in [0, 0.05) is 18.7 Å². The molecule has 0 saturated heterocycles. The number of fused-ring (bicyclic) bond motifs is 1. The molecule has 2 aromatic rings. The van der Waals surface area contributed by atoms with E-state index >= 15 is 0 Å². The molecule has 1 amide bonds. The van der Waals surface area contributed by atoms with E-state index in [-0.39, 0.29) is 18.6 Å². The van der Waals surface area contributed by atoms with E-state index in [1.54, 1.807) is 0 Å². The van der Waals surface area contributed by atoms with Crippen molar-refractivity contribution in [3.8, 4) is 0 Å². The van der Waals surface area contributed by atoms with Crippen LogP contribution in [0.1, 0.15) is 27.2 Å². The summed E-state index contributed by atoms with van der Waals surface area (Å²) < 4.78 is 39.0. The lowest BCUT2D eigenvalue weighted by Gasteiger charge is -2.27. The third kappa shape index (κ3) is 2.40. The largest absolute Gasteiger partial charge is 0.417 e. The van der Waals surface area contributed by atoms with Crippen LogP contribution in [0.25, 0.3) is 0 Å². The number of alkyl halides is 3. The Morgan fingerprint density at radius 1 is 1.18 bits per heavy atom. The predicted molar refractivity (Wildman–Crippen MR) is 71.3 cm³/mol. The van der Waals surface area contributed by atoms with Gasteiger partial charge in [0.2, 0.25) is 0 Å². The third-order valence-corrected chi connectivity index (χ3v) is 3.70. The van der Waals surface area contributed by atoms with Gasteiger partial charge in [-0.2, -0.15) is 13.2 Å². The molecule has 2 N–H and O–H groups in total. The molecule has 116 valence electrons. The van der Waals surface area contributed by atoms with Crippen LogP contribution in [-0.2, 0) is 19.1 Å². The van der Waals surface area contributed by atoms with Gasteiger partial charge in [-0.3, -0.25) is 14.7 Å². The van der Waals surface area contributed by atoms with E-state index in [9.17, 15) is 22.8 Å². The zero-order valence-electron chi connectivity index (χ0n) is 11.3. The fourth-order valence-electron chi connectivity index (χ4n) is 2.58. The molecule has 22 heavy (non-hydrogen) atoms. The molecule has 0 unspecified atom stereocenters. The van der Waals surface area contributed by atoms with Crippen LogP contribution in [0, 0.1) is 0 Å². The van der Waals surface area contributed by atoms with E-state index in [1.165, 1.54) is 17.0 Å². The third-order valence-electron chi connectivity index (χ3n) is 3.70. The molecular formula is C14H12F3N3O2. The van der Waals surface area contributed by atoms with E-state index < -0.39 is 23.2 Å². The van der Waals surface area contributed by atoms with Crippen LogP contribution in [0.3, 0.4) is 0 Å². The summed E-state index contributed by atoms with van der Waals surface area (Å²) in [6.07, 6.45) is -4.20. The number of carbonyl (C=O) groups is 1. The molecular weight excluding hydrogens is 299 g/mol. The average Bonchev–Trinajstić information content (AvgIpc) is 2.86. The summed E-state index contributed by atoms with van der Waals surface area (Å²) >= 11 is 0. The summed E-state index contributed by atoms with van der Waals surface area (Å²) in [5.74, 6) is -0.723. The highest BCUT2D eigenvalue weighted by molar-refractivity contribution is 5.96. The van der Waals surface area contributed by atoms with E-state index in [0.29, 0.717) is 17.7 Å². The van der Waals surface area contributed by atoms with Crippen LogP contribution in [0.5, 0.6) is 0 Å². The number of rotatable bonds is 1. The highest BCUT2D eigenvalue weighted by Gasteiger charge is 2.36. The Morgan fingerprint density at radius 3 is 2.64 bits per heavy atom. The van der Waals surface area contributed by atoms with Crippen LogP contribution in [0.15, 0.2) is 29.1 Å². The Balaban J connectivity index is 1.93. The van der Waals surface area contributed by atoms with E-state index in [0.717, 1.165) is 12.1 Å². The van der Waals surface area contributed by atoms with Gasteiger partial charge < -0.3 is 10.00 Å². The molecule has 0 saturated carbocycles. The van der Waals surface area contributed by atoms with Gasteiger partial charge in [0.1, 0.15) is 0 Å². The fourth-order valence-corrected chi connectivity index (χ4v) is 2.58. The second kappa shape index (κ2) is 5.04. The first-order valence-corrected chi connectivity index (χ1v) is 6.62. The van der Waals surface area contributed by atoms with Crippen LogP contribution in [0.2, 0.25) is 0 Å². The molecule has 1 aromatic heterocycles. The summed E-state index contributed by atoms with van der Waals surface area (Å²) in [4.78, 5) is 25.3. The normalized spacial score (nSPS) is 14.8. The molecule has 0 bridgehead atoms. The van der Waals surface area contributed by atoms with Gasteiger partial charge in [-0.05, 0) is 12.1 Å². The number of hydrogen-bond donors (Lipinski definition) is 2. The van der Waals surface area contributed by atoms with Gasteiger partial charge in [-0.25, -0.2) is 0 Å². The van der Waals surface area contributed by atoms with Crippen molar-refractivity contribution in [2.75, 3.05) is 6.54 Å². The topological polar surface area (TPSA) is 69.0 Å². The molecule has 0 atom stereocenters. The van der Waals surface area contributed by atoms with Crippen molar-refractivity contribution in [3.63, 3.8) is 0 Å². The quantitative estimate of drug-likeness (QED) is 0.845. The van der Waals surface area contributed by atoms with E-state index in [1.807, 2.05) is 0 Å². The molecule has 8 heteroatoms. The number of hydrogen-bond acceptors (Lipinski definition) is 2. The van der Waals surface area contributed by atoms with Crippen molar-refractivity contribution < 1.29 is 18.0 Å². The monoisotopic (exact) mass is 311 g/mol. The van der Waals surface area contributed by atoms with Crippen molar-refractivity contribution >= 4 is 5.91 Å². The van der Waals surface area contributed by atoms with Crippen LogP contribution in [-0.4, -0.2) is 27.5 Å². The van der Waals surface area contributed by atoms with E-state index in [2.05, 4.69) is 10.2 Å². The van der Waals surface area contributed by atoms with E-state index in [4.69, 9.17) is 0 Å². The lowest BCUT2D eigenvalue weighted by molar-refractivity contribution is -0.138. The highest BCUT2D eigenvalue weighted by atomic mass is 19.4. The number of nitrogens with one attached hydrogen (secondary N) is 2. The van der Waals surface area contributed by atoms with Crippen molar-refractivity contribution in [3.05, 3.63) is 57.0 Å². The molecule has 0 radical (unpaired) electrons. The number of nitrogens with zero attached hydrogens (tertiary/aromatic N) is 1. The minimum atomic E-state index is -4.60. The number of H-pyrrole nitrogens is 2. The maximum atomic E-state index is 13.0. The highest BCUT2D eigenvalue weighted by Crippen LogP contribution is 2.32. The van der Waals surface area contributed by atoms with Gasteiger partial charge in [-0.1, -0.05) is 12.1 Å². The summed E-state index contributed by atoms with van der Waals surface area (Å²) in [5, 5.41) is 5.12. The summed E-state index contributed by atoms with van der Waals surface area (Å²) in [5.41, 5.74) is -0.627. The zero-order valence-corrected chi connectivity index (χ0v) is 11.3. The minimum Gasteiger partial charge on any atom is -0.334 e. The Kier molecular flexibility index (Phi) is 3.31. The smallest absolute Gasteiger partial charge is 0.334 e. The number of benzene rings is 1. The molecule has 1 aliphatic rings. The molecule has 5 nitrogen and oxygen atoms in total. The first-order chi connectivity index (χ1) is 10.4. The zero-order chi connectivity index (χ0) is 15.9. The standard InChI is InChI=1S/C14H12F3N3O2/c15-14(16,17)10-4-2-1-3-8(10)13(22)20-6-5-11-9(7-20)12(21)19-18-11/h1-4H,5-7H2,(H2,18,19,21). The lowest BCUT2D eigenvalue weighted by Crippen LogP contribution is -2.38. The molecule has 0 spiro atoms. The lowest BCUT2D eigenvalue weighted by atomic mass is 10.0. The van der Waals surface area contributed by atoms with Gasteiger partial charge in [0.25, 0.3) is 11.5 Å². The van der Waals surface area contributed by atoms with Crippen molar-refractivity contribution in [1.29, 1.82) is 0 Å². The molecule has 0 aliphatic carbocycles. The first-order valence-electron chi connectivity index (χ1n) is 6.62. The maximum absolute atomic E-state index is 13.0. The molecule has 2 heterocycles. The van der Waals surface area contributed by atoms with Crippen LogP contribution < -0.4 is 5.56 Å². The van der Waals surface area contributed by atoms with Crippen molar-refractivity contribution in [2.45, 2.75) is 19.1 Å². The van der Waals surface area contributed by atoms with Crippen molar-refractivity contribution in [1.82, 2.24) is 15.1 Å². The Bertz CT molecular complexity index is 776. The average molecular weight is 311 g/mol. The number of amides is 1. The molecule has 1 aromatic carbocycles. The number of halogens is 3. The SMILES string of the molecule is O=C(c1ccccc1C(F)(F)F)N1CCc2[nH][nH]c(=O)c2C1. The Labute approximate surface area is 122 Å². The second-order valence-corrected chi connectivity index (χ2v) is 5.06. The number of aromatic nitrogens is 2. The summed E-state index contributed by atoms with van der Waals surface area (Å²) in [6, 6.07) is 4.67. The summed E-state index contributed by atoms with van der Waals surface area (Å²) in [7, 11) is 0. The van der Waals surface area contributed by atoms with Crippen LogP contribution in [0.4, 0.5) is 13.2 Å². The van der Waals surface area contributed by atoms with Gasteiger partial charge in [-0.15, -0.1) is 0 Å². The van der Waals surface area contributed by atoms with Gasteiger partial charge in [0.15, 0.2) is 0 Å². The van der Waals surface area contributed by atoms with Crippen LogP contribution >= 0.6 is 0 Å². The minimum absolute atomic E-state index is 0.000802. The fraction of sp³-hybridized carbons (Fsp3) is 0.286. The molecule has 0 fully saturated rings. The first kappa shape index (κ1) is 14.4. The molecule has 3 rings (SSSR count). The van der Waals surface area contributed by atoms with Gasteiger partial charge >= 0.3 is 6.18 Å². The maximum Gasteiger partial charge on any atom is 0.417 e. The number of carbonyl (C=O) groups excluding carboxylic acids is 1. The molecule has 1 aliphatic heterocycles. The Hall–Kier alpha value is -2.51. The Morgan fingerprint density at radius 2 is 1.91 bits per heavy atom. The summed E-state index contributed by atoms with van der Waals surface area (Å²) in [6.45, 7) is 0.255. The second-order valence-electron chi connectivity index (χ2n) is 5.06. The predicted octanol–water partition coefficient (Wildman–Crippen LogP) is 1.92.